The van der Waals surface area contributed by atoms with Gasteiger partial charge in [0.2, 0.25) is 0 Å². The first kappa shape index (κ1) is 9.75. The molecule has 0 amide bonds. The topological polar surface area (TPSA) is 61.1 Å². The van der Waals surface area contributed by atoms with Crippen LogP contribution in [0.4, 0.5) is 0 Å². The van der Waals surface area contributed by atoms with Gasteiger partial charge in [-0.2, -0.15) is 5.26 Å². The van der Waals surface area contributed by atoms with Gasteiger partial charge in [0.1, 0.15) is 0 Å². The highest BCUT2D eigenvalue weighted by atomic mass is 79.9. The first-order valence-electron chi connectivity index (χ1n) is 3.51. The Morgan fingerprint density at radius 3 is 2.77 bits per heavy atom. The van der Waals surface area contributed by atoms with E-state index in [1.54, 1.807) is 12.1 Å². The summed E-state index contributed by atoms with van der Waals surface area (Å²) in [6.45, 7) is 0. The Morgan fingerprint density at radius 2 is 2.31 bits per heavy atom. The highest BCUT2D eigenvalue weighted by molar-refractivity contribution is 9.08. The van der Waals surface area contributed by atoms with Gasteiger partial charge in [0.15, 0.2) is 0 Å². The molecule has 0 aliphatic rings. The van der Waals surface area contributed by atoms with Crippen LogP contribution in [0.5, 0.6) is 0 Å². The zero-order valence-corrected chi connectivity index (χ0v) is 8.21. The molecular weight excluding hydrogens is 234 g/mol. The first-order chi connectivity index (χ1) is 6.19. The number of nitriles is 1. The number of alkyl halides is 1. The van der Waals surface area contributed by atoms with Crippen LogP contribution in [0.15, 0.2) is 18.2 Å². The molecule has 13 heavy (non-hydrogen) atoms. The van der Waals surface area contributed by atoms with Crippen LogP contribution in [0.1, 0.15) is 21.5 Å². The summed E-state index contributed by atoms with van der Waals surface area (Å²) in [4.78, 5) is 10.7. The fourth-order valence-electron chi connectivity index (χ4n) is 0.962. The van der Waals surface area contributed by atoms with Crippen molar-refractivity contribution in [1.82, 2.24) is 0 Å². The molecule has 1 rings (SSSR count). The highest BCUT2D eigenvalue weighted by Crippen LogP contribution is 2.14. The van der Waals surface area contributed by atoms with Gasteiger partial charge in [-0.25, -0.2) is 4.79 Å². The number of hydrogen-bond donors (Lipinski definition) is 1. The van der Waals surface area contributed by atoms with Gasteiger partial charge in [0.25, 0.3) is 0 Å². The third-order valence-electron chi connectivity index (χ3n) is 1.61. The summed E-state index contributed by atoms with van der Waals surface area (Å²) in [6.07, 6.45) is 0. The molecule has 4 heteroatoms. The second-order valence-electron chi connectivity index (χ2n) is 2.42. The lowest BCUT2D eigenvalue weighted by molar-refractivity contribution is 0.0696. The molecule has 0 radical (unpaired) electrons. The number of hydrogen-bond acceptors (Lipinski definition) is 2. The molecule has 0 fully saturated rings. The molecular formula is C9H6BrNO2. The number of carboxylic acids is 1. The third kappa shape index (κ3) is 2.07. The van der Waals surface area contributed by atoms with Crippen molar-refractivity contribution in [1.29, 1.82) is 5.26 Å². The molecule has 0 bridgehead atoms. The van der Waals surface area contributed by atoms with Crippen LogP contribution >= 0.6 is 15.9 Å². The summed E-state index contributed by atoms with van der Waals surface area (Å²) in [5.74, 6) is -1.01. The summed E-state index contributed by atoms with van der Waals surface area (Å²) in [5, 5.41) is 17.8. The minimum Gasteiger partial charge on any atom is -0.478 e. The van der Waals surface area contributed by atoms with Gasteiger partial charge < -0.3 is 5.11 Å². The first-order valence-corrected chi connectivity index (χ1v) is 4.63. The van der Waals surface area contributed by atoms with Gasteiger partial charge in [0.05, 0.1) is 17.2 Å². The molecule has 1 aromatic rings. The molecule has 0 saturated carbocycles. The fourth-order valence-corrected chi connectivity index (χ4v) is 1.45. The average Bonchev–Trinajstić information content (AvgIpc) is 2.16. The Bertz CT molecular complexity index is 382. The number of carboxylic acid groups (broad SMARTS) is 1. The van der Waals surface area contributed by atoms with Crippen LogP contribution in [-0.2, 0) is 5.33 Å². The second-order valence-corrected chi connectivity index (χ2v) is 2.98. The maximum absolute atomic E-state index is 10.7. The SMILES string of the molecule is N#Cc1ccc(CBr)c(C(=O)O)c1. The quantitative estimate of drug-likeness (QED) is 0.805. The minimum atomic E-state index is -1.01. The van der Waals surface area contributed by atoms with Crippen molar-refractivity contribution in [2.75, 3.05) is 0 Å². The van der Waals surface area contributed by atoms with Crippen molar-refractivity contribution in [2.45, 2.75) is 5.33 Å². The zero-order valence-electron chi connectivity index (χ0n) is 6.62. The van der Waals surface area contributed by atoms with Crippen molar-refractivity contribution in [3.63, 3.8) is 0 Å². The Balaban J connectivity index is 3.28. The van der Waals surface area contributed by atoms with Gasteiger partial charge in [-0.3, -0.25) is 0 Å². The number of nitrogens with zero attached hydrogens (tertiary/aromatic N) is 1. The van der Waals surface area contributed by atoms with E-state index in [1.165, 1.54) is 6.07 Å². The minimum absolute atomic E-state index is 0.177. The Labute approximate surface area is 83.7 Å². The van der Waals surface area contributed by atoms with Crippen molar-refractivity contribution in [2.24, 2.45) is 0 Å². The number of benzene rings is 1. The molecule has 1 N–H and O–H groups in total. The Kier molecular flexibility index (Phi) is 3.04. The summed E-state index contributed by atoms with van der Waals surface area (Å²) >= 11 is 3.18. The normalized spacial score (nSPS) is 9.23. The van der Waals surface area contributed by atoms with E-state index in [2.05, 4.69) is 15.9 Å². The number of rotatable bonds is 2. The van der Waals surface area contributed by atoms with Gasteiger partial charge in [0, 0.05) is 5.33 Å². The van der Waals surface area contributed by atoms with Gasteiger partial charge >= 0.3 is 5.97 Å². The predicted molar refractivity (Wildman–Crippen MR) is 50.7 cm³/mol. The molecule has 3 nitrogen and oxygen atoms in total. The van der Waals surface area contributed by atoms with Gasteiger partial charge in [-0.05, 0) is 17.7 Å². The van der Waals surface area contributed by atoms with Crippen molar-refractivity contribution < 1.29 is 9.90 Å². The van der Waals surface area contributed by atoms with Crippen LogP contribution < -0.4 is 0 Å². The molecule has 0 spiro atoms. The Hall–Kier alpha value is -1.34. The summed E-state index contributed by atoms with van der Waals surface area (Å²) in [6, 6.07) is 6.50. The molecule has 0 aliphatic heterocycles. The lowest BCUT2D eigenvalue weighted by Crippen LogP contribution is -2.01. The van der Waals surface area contributed by atoms with E-state index < -0.39 is 5.97 Å². The van der Waals surface area contributed by atoms with E-state index >= 15 is 0 Å². The smallest absolute Gasteiger partial charge is 0.336 e. The van der Waals surface area contributed by atoms with Gasteiger partial charge in [-0.15, -0.1) is 0 Å². The molecule has 0 saturated heterocycles. The van der Waals surface area contributed by atoms with E-state index in [1.807, 2.05) is 6.07 Å². The summed E-state index contributed by atoms with van der Waals surface area (Å²) < 4.78 is 0. The van der Waals surface area contributed by atoms with E-state index in [9.17, 15) is 4.79 Å². The zero-order chi connectivity index (χ0) is 9.84. The predicted octanol–water partition coefficient (Wildman–Crippen LogP) is 2.15. The molecule has 0 aliphatic carbocycles. The molecule has 66 valence electrons. The average molecular weight is 240 g/mol. The van der Waals surface area contributed by atoms with Gasteiger partial charge in [-0.1, -0.05) is 22.0 Å². The van der Waals surface area contributed by atoms with E-state index in [4.69, 9.17) is 10.4 Å². The summed E-state index contributed by atoms with van der Waals surface area (Å²) in [5.41, 5.74) is 1.21. The highest BCUT2D eigenvalue weighted by Gasteiger charge is 2.09. The number of halogens is 1. The van der Waals surface area contributed by atoms with Crippen molar-refractivity contribution in [3.8, 4) is 6.07 Å². The molecule has 0 heterocycles. The lowest BCUT2D eigenvalue weighted by Gasteiger charge is -2.01. The van der Waals surface area contributed by atoms with E-state index in [0.29, 0.717) is 16.5 Å². The van der Waals surface area contributed by atoms with Crippen LogP contribution in [0.25, 0.3) is 0 Å². The van der Waals surface area contributed by atoms with Crippen molar-refractivity contribution in [3.05, 3.63) is 34.9 Å². The maximum atomic E-state index is 10.7. The van der Waals surface area contributed by atoms with Crippen LogP contribution in [0, 0.1) is 11.3 Å². The number of carbonyl (C=O) groups is 1. The second kappa shape index (κ2) is 4.06. The molecule has 0 aromatic heterocycles. The van der Waals surface area contributed by atoms with Crippen LogP contribution in [0.2, 0.25) is 0 Å². The fraction of sp³-hybridized carbons (Fsp3) is 0.111. The monoisotopic (exact) mass is 239 g/mol. The van der Waals surface area contributed by atoms with Crippen LogP contribution in [0.3, 0.4) is 0 Å². The molecule has 0 unspecified atom stereocenters. The lowest BCUT2D eigenvalue weighted by atomic mass is 10.1. The largest absolute Gasteiger partial charge is 0.478 e. The standard InChI is InChI=1S/C9H6BrNO2/c10-4-7-2-1-6(5-11)3-8(7)9(12)13/h1-3H,4H2,(H,12,13). The molecule has 1 aromatic carbocycles. The van der Waals surface area contributed by atoms with E-state index in [0.717, 1.165) is 0 Å². The van der Waals surface area contributed by atoms with Crippen molar-refractivity contribution >= 4 is 21.9 Å². The third-order valence-corrected chi connectivity index (χ3v) is 2.22. The van der Waals surface area contributed by atoms with Crippen LogP contribution in [-0.4, -0.2) is 11.1 Å². The number of aromatic carboxylic acids is 1. The summed E-state index contributed by atoms with van der Waals surface area (Å²) in [7, 11) is 0. The Morgan fingerprint density at radius 1 is 1.62 bits per heavy atom. The molecule has 0 atom stereocenters. The maximum Gasteiger partial charge on any atom is 0.336 e. The van der Waals surface area contributed by atoms with E-state index in [-0.39, 0.29) is 5.56 Å².